The summed E-state index contributed by atoms with van der Waals surface area (Å²) in [7, 11) is 0. The summed E-state index contributed by atoms with van der Waals surface area (Å²) in [5.41, 5.74) is 1.09. The largest absolute Gasteiger partial charge is 0.502 e. The molecule has 0 saturated heterocycles. The van der Waals surface area contributed by atoms with Gasteiger partial charge in [-0.15, -0.1) is 0 Å². The Kier molecular flexibility index (Phi) is 4.29. The van der Waals surface area contributed by atoms with E-state index in [4.69, 9.17) is 11.6 Å². The van der Waals surface area contributed by atoms with Gasteiger partial charge in [-0.3, -0.25) is 14.4 Å². The number of anilines is 2. The maximum Gasteiger partial charge on any atom is 0.301 e. The zero-order chi connectivity index (χ0) is 18.1. The van der Waals surface area contributed by atoms with Gasteiger partial charge >= 0.3 is 5.91 Å². The molecule has 25 heavy (non-hydrogen) atoms. The minimum atomic E-state index is -0.812. The Labute approximate surface area is 148 Å². The molecule has 0 aliphatic carbocycles. The number of amides is 3. The first-order chi connectivity index (χ1) is 11.9. The highest BCUT2D eigenvalue weighted by Gasteiger charge is 2.40. The summed E-state index contributed by atoms with van der Waals surface area (Å²) >= 11 is 5.91. The van der Waals surface area contributed by atoms with Crippen LogP contribution in [0.1, 0.15) is 12.5 Å². The fourth-order valence-electron chi connectivity index (χ4n) is 2.55. The van der Waals surface area contributed by atoms with Crippen molar-refractivity contribution in [3.8, 4) is 0 Å². The van der Waals surface area contributed by atoms with E-state index >= 15 is 0 Å². The van der Waals surface area contributed by atoms with E-state index in [0.29, 0.717) is 16.3 Å². The van der Waals surface area contributed by atoms with Gasteiger partial charge in [0.05, 0.1) is 11.3 Å². The lowest BCUT2D eigenvalue weighted by molar-refractivity contribution is -0.121. The summed E-state index contributed by atoms with van der Waals surface area (Å²) in [5.74, 6) is -2.31. The molecule has 1 aliphatic heterocycles. The fraction of sp³-hybridized carbons (Fsp3) is 0.0556. The van der Waals surface area contributed by atoms with Gasteiger partial charge in [0.2, 0.25) is 5.91 Å². The molecule has 2 aromatic rings. The summed E-state index contributed by atoms with van der Waals surface area (Å²) in [5, 5.41) is 13.1. The molecule has 1 aliphatic rings. The topological polar surface area (TPSA) is 86.7 Å². The van der Waals surface area contributed by atoms with E-state index < -0.39 is 17.6 Å². The number of nitrogens with one attached hydrogen (secondary N) is 1. The van der Waals surface area contributed by atoms with E-state index in [9.17, 15) is 19.5 Å². The number of aliphatic hydroxyl groups excluding tert-OH is 1. The molecule has 0 bridgehead atoms. The zero-order valence-corrected chi connectivity index (χ0v) is 13.9. The maximum absolute atomic E-state index is 12.7. The monoisotopic (exact) mass is 356 g/mol. The average molecular weight is 357 g/mol. The second kappa shape index (κ2) is 6.41. The number of hydrogen-bond donors (Lipinski definition) is 2. The van der Waals surface area contributed by atoms with Crippen molar-refractivity contribution in [1.82, 2.24) is 0 Å². The number of rotatable bonds is 3. The third kappa shape index (κ3) is 3.12. The van der Waals surface area contributed by atoms with Crippen LogP contribution in [0.4, 0.5) is 11.4 Å². The fourth-order valence-corrected chi connectivity index (χ4v) is 2.74. The van der Waals surface area contributed by atoms with Crippen molar-refractivity contribution in [2.45, 2.75) is 6.92 Å². The summed E-state index contributed by atoms with van der Waals surface area (Å²) in [6, 6.07) is 12.5. The van der Waals surface area contributed by atoms with Gasteiger partial charge in [0, 0.05) is 17.6 Å². The van der Waals surface area contributed by atoms with Crippen molar-refractivity contribution < 1.29 is 19.5 Å². The summed E-state index contributed by atoms with van der Waals surface area (Å²) in [4.78, 5) is 36.9. The van der Waals surface area contributed by atoms with Gasteiger partial charge in [-0.05, 0) is 35.9 Å². The van der Waals surface area contributed by atoms with Crippen LogP contribution in [0.5, 0.6) is 0 Å². The van der Waals surface area contributed by atoms with Gasteiger partial charge in [-0.25, -0.2) is 4.90 Å². The van der Waals surface area contributed by atoms with E-state index in [1.54, 1.807) is 42.5 Å². The minimum absolute atomic E-state index is 0.0978. The molecular weight excluding hydrogens is 344 g/mol. The summed E-state index contributed by atoms with van der Waals surface area (Å²) in [6.07, 6.45) is 0. The van der Waals surface area contributed by atoms with Crippen LogP contribution >= 0.6 is 11.6 Å². The van der Waals surface area contributed by atoms with E-state index in [1.165, 1.54) is 13.0 Å². The van der Waals surface area contributed by atoms with E-state index in [1.807, 2.05) is 0 Å². The van der Waals surface area contributed by atoms with Gasteiger partial charge in [0.25, 0.3) is 5.91 Å². The Balaban J connectivity index is 1.96. The Hall–Kier alpha value is -3.12. The highest BCUT2D eigenvalue weighted by molar-refractivity contribution is 6.45. The lowest BCUT2D eigenvalue weighted by Gasteiger charge is -2.14. The molecule has 0 aromatic heterocycles. The zero-order valence-electron chi connectivity index (χ0n) is 13.1. The Morgan fingerprint density at radius 2 is 1.76 bits per heavy atom. The van der Waals surface area contributed by atoms with Crippen LogP contribution in [0, 0.1) is 0 Å². The second-order valence-corrected chi connectivity index (χ2v) is 5.84. The van der Waals surface area contributed by atoms with Crippen LogP contribution < -0.4 is 10.2 Å². The molecule has 0 atom stereocenters. The standard InChI is InChI=1S/C18H13ClN2O4/c1-10(22)20-13-7-5-11(6-8-13)15-16(23)18(25)21(17(15)24)14-4-2-3-12(19)9-14/h2-9,23H,1H3,(H,20,22). The molecule has 3 rings (SSSR count). The SMILES string of the molecule is CC(=O)Nc1ccc(C2=C(O)C(=O)N(c3cccc(Cl)c3)C2=O)cc1. The van der Waals surface area contributed by atoms with Crippen molar-refractivity contribution in [3.05, 3.63) is 64.9 Å². The van der Waals surface area contributed by atoms with Crippen LogP contribution in [0.15, 0.2) is 54.3 Å². The third-order valence-electron chi connectivity index (χ3n) is 3.62. The summed E-state index contributed by atoms with van der Waals surface area (Å²) in [6.45, 7) is 1.38. The highest BCUT2D eigenvalue weighted by Crippen LogP contribution is 2.33. The lowest BCUT2D eigenvalue weighted by Crippen LogP contribution is -2.31. The number of nitrogens with zero attached hydrogens (tertiary/aromatic N) is 1. The number of hydrogen-bond acceptors (Lipinski definition) is 4. The minimum Gasteiger partial charge on any atom is -0.502 e. The van der Waals surface area contributed by atoms with Crippen molar-refractivity contribution >= 4 is 46.3 Å². The van der Waals surface area contributed by atoms with Gasteiger partial charge in [0.15, 0.2) is 5.76 Å². The molecule has 0 saturated carbocycles. The second-order valence-electron chi connectivity index (χ2n) is 5.41. The van der Waals surface area contributed by atoms with Crippen LogP contribution in [0.3, 0.4) is 0 Å². The van der Waals surface area contributed by atoms with Gasteiger partial charge in [0.1, 0.15) is 0 Å². The normalized spacial score (nSPS) is 14.2. The predicted molar refractivity (Wildman–Crippen MR) is 94.2 cm³/mol. The molecule has 0 radical (unpaired) electrons. The molecule has 126 valence electrons. The van der Waals surface area contributed by atoms with Crippen molar-refractivity contribution in [1.29, 1.82) is 0 Å². The molecule has 2 aromatic carbocycles. The van der Waals surface area contributed by atoms with E-state index in [2.05, 4.69) is 5.32 Å². The van der Waals surface area contributed by atoms with Crippen LogP contribution in [0.25, 0.3) is 5.57 Å². The van der Waals surface area contributed by atoms with Gasteiger partial charge in [-0.1, -0.05) is 29.8 Å². The van der Waals surface area contributed by atoms with E-state index in [-0.39, 0.29) is 17.2 Å². The van der Waals surface area contributed by atoms with Gasteiger partial charge in [-0.2, -0.15) is 0 Å². The maximum atomic E-state index is 12.7. The first-order valence-electron chi connectivity index (χ1n) is 7.34. The van der Waals surface area contributed by atoms with Crippen molar-refractivity contribution in [2.24, 2.45) is 0 Å². The molecule has 7 heteroatoms. The average Bonchev–Trinajstić information content (AvgIpc) is 2.78. The van der Waals surface area contributed by atoms with Crippen LogP contribution in [-0.2, 0) is 14.4 Å². The molecule has 6 nitrogen and oxygen atoms in total. The predicted octanol–water partition coefficient (Wildman–Crippen LogP) is 3.14. The van der Waals surface area contributed by atoms with Crippen LogP contribution in [0.2, 0.25) is 5.02 Å². The Morgan fingerprint density at radius 1 is 1.08 bits per heavy atom. The molecular formula is C18H13ClN2O4. The van der Waals surface area contributed by atoms with Crippen molar-refractivity contribution in [3.63, 3.8) is 0 Å². The quantitative estimate of drug-likeness (QED) is 0.827. The first-order valence-corrected chi connectivity index (χ1v) is 7.72. The van der Waals surface area contributed by atoms with Gasteiger partial charge < -0.3 is 10.4 Å². The number of carbonyl (C=O) groups is 3. The molecule has 1 heterocycles. The summed E-state index contributed by atoms with van der Waals surface area (Å²) < 4.78 is 0. The molecule has 0 unspecified atom stereocenters. The van der Waals surface area contributed by atoms with E-state index in [0.717, 1.165) is 4.90 Å². The molecule has 2 N–H and O–H groups in total. The molecule has 3 amide bonds. The Morgan fingerprint density at radius 3 is 2.36 bits per heavy atom. The molecule has 0 fully saturated rings. The number of aliphatic hydroxyl groups is 1. The number of benzene rings is 2. The van der Waals surface area contributed by atoms with Crippen molar-refractivity contribution in [2.75, 3.05) is 10.2 Å². The Bertz CT molecular complexity index is 919. The number of halogens is 1. The van der Waals surface area contributed by atoms with Crippen LogP contribution in [-0.4, -0.2) is 22.8 Å². The first kappa shape index (κ1) is 16.7. The molecule has 0 spiro atoms. The highest BCUT2D eigenvalue weighted by atomic mass is 35.5. The lowest BCUT2D eigenvalue weighted by atomic mass is 10.1. The number of carbonyl (C=O) groups excluding carboxylic acids is 3. The smallest absolute Gasteiger partial charge is 0.301 e. The third-order valence-corrected chi connectivity index (χ3v) is 3.85. The number of imide groups is 1.